The van der Waals surface area contributed by atoms with Crippen LogP contribution in [0.1, 0.15) is 24.5 Å². The van der Waals surface area contributed by atoms with Crippen LogP contribution in [0, 0.1) is 11.6 Å². The summed E-state index contributed by atoms with van der Waals surface area (Å²) in [4.78, 5) is 0. The molecule has 0 bridgehead atoms. The summed E-state index contributed by atoms with van der Waals surface area (Å²) in [6, 6.07) is 19.8. The molecule has 0 saturated carbocycles. The van der Waals surface area contributed by atoms with Crippen molar-refractivity contribution in [1.29, 1.82) is 0 Å². The van der Waals surface area contributed by atoms with Crippen LogP contribution in [0.15, 0.2) is 84.9 Å². The average Bonchev–Trinajstić information content (AvgIpc) is 2.82. The molecule has 0 aromatic heterocycles. The molecule has 0 atom stereocenters. The van der Waals surface area contributed by atoms with Crippen LogP contribution in [-0.4, -0.2) is 6.36 Å². The third-order valence-corrected chi connectivity index (χ3v) is 5.87. The minimum Gasteiger partial charge on any atom is -0.222 e. The van der Waals surface area contributed by atoms with Gasteiger partial charge in [0.05, 0.1) is 0 Å². The number of alkyl halides is 5. The van der Waals surface area contributed by atoms with E-state index in [9.17, 15) is 30.7 Å². The molecule has 4 aromatic carbocycles. The highest BCUT2D eigenvalue weighted by Crippen LogP contribution is 2.40. The Labute approximate surface area is 208 Å². The van der Waals surface area contributed by atoms with Crippen LogP contribution in [0.5, 0.6) is 0 Å². The van der Waals surface area contributed by atoms with Gasteiger partial charge in [-0.2, -0.15) is 8.78 Å². The van der Waals surface area contributed by atoms with Gasteiger partial charge in [-0.25, -0.2) is 13.5 Å². The summed E-state index contributed by atoms with van der Waals surface area (Å²) in [6.45, 7) is 1.99. The largest absolute Gasteiger partial charge is 0.527 e. The van der Waals surface area contributed by atoms with E-state index >= 15 is 0 Å². The summed E-state index contributed by atoms with van der Waals surface area (Å²) in [6.07, 6.45) is -4.96. The number of aryl methyl sites for hydroxylation is 1. The van der Waals surface area contributed by atoms with Crippen LogP contribution in [0.2, 0.25) is 0 Å². The molecule has 37 heavy (non-hydrogen) atoms. The zero-order chi connectivity index (χ0) is 26.8. The molecule has 8 heteroatoms. The van der Waals surface area contributed by atoms with E-state index in [0.29, 0.717) is 17.7 Å². The molecule has 0 fully saturated rings. The van der Waals surface area contributed by atoms with E-state index in [0.717, 1.165) is 34.7 Å². The predicted molar refractivity (Wildman–Crippen MR) is 129 cm³/mol. The third kappa shape index (κ3) is 6.20. The monoisotopic (exact) mass is 518 g/mol. The Balaban J connectivity index is 1.58. The van der Waals surface area contributed by atoms with E-state index in [1.807, 2.05) is 37.3 Å². The Morgan fingerprint density at radius 1 is 0.676 bits per heavy atom. The molecule has 0 amide bonds. The smallest absolute Gasteiger partial charge is 0.222 e. The average molecular weight is 518 g/mol. The first kappa shape index (κ1) is 26.4. The van der Waals surface area contributed by atoms with Gasteiger partial charge in [-0.15, -0.1) is 13.2 Å². The molecule has 0 radical (unpaired) electrons. The molecule has 0 heterocycles. The minimum atomic E-state index is -5.78. The second-order valence-electron chi connectivity index (χ2n) is 8.46. The van der Waals surface area contributed by atoms with Crippen molar-refractivity contribution in [3.05, 3.63) is 108 Å². The first-order valence-electron chi connectivity index (χ1n) is 11.4. The summed E-state index contributed by atoms with van der Waals surface area (Å²) in [7, 11) is 0. The van der Waals surface area contributed by atoms with Crippen molar-refractivity contribution < 1.29 is 35.5 Å². The van der Waals surface area contributed by atoms with E-state index in [4.69, 9.17) is 0 Å². The van der Waals surface area contributed by atoms with E-state index < -0.39 is 29.7 Å². The van der Waals surface area contributed by atoms with Gasteiger partial charge in [0.1, 0.15) is 17.2 Å². The van der Waals surface area contributed by atoms with Crippen molar-refractivity contribution in [3.63, 3.8) is 0 Å². The van der Waals surface area contributed by atoms with Crippen LogP contribution < -0.4 is 0 Å². The van der Waals surface area contributed by atoms with Gasteiger partial charge >= 0.3 is 12.5 Å². The van der Waals surface area contributed by atoms with Gasteiger partial charge in [0, 0.05) is 0 Å². The summed E-state index contributed by atoms with van der Waals surface area (Å²) < 4.78 is 95.4. The zero-order valence-corrected chi connectivity index (χ0v) is 19.6. The van der Waals surface area contributed by atoms with Crippen molar-refractivity contribution in [2.24, 2.45) is 0 Å². The first-order valence-corrected chi connectivity index (χ1v) is 11.4. The van der Waals surface area contributed by atoms with Gasteiger partial charge in [0.2, 0.25) is 0 Å². The standard InChI is InChI=1S/C29H21F7O/c1-2-3-4-5-18-6-7-23-15-22(13-12-21(23)14-18)19-8-10-20(11-9-19)24-16-25(30)27(26(31)17-24)28(32,33)37-29(34,35)36/h2-3,6-17H,4-5H2,1H3. The summed E-state index contributed by atoms with van der Waals surface area (Å²) in [5, 5.41) is 2.13. The number of ether oxygens (including phenoxy) is 1. The molecule has 0 aliphatic rings. The van der Waals surface area contributed by atoms with Crippen LogP contribution >= 0.6 is 0 Å². The van der Waals surface area contributed by atoms with Gasteiger partial charge in [-0.3, -0.25) is 0 Å². The molecule has 0 spiro atoms. The quantitative estimate of drug-likeness (QED) is 0.175. The summed E-state index contributed by atoms with van der Waals surface area (Å²) in [5.74, 6) is -3.71. The molecule has 0 N–H and O–H groups in total. The second kappa shape index (κ2) is 10.4. The highest BCUT2D eigenvalue weighted by Gasteiger charge is 2.49. The van der Waals surface area contributed by atoms with Gasteiger partial charge in [0.25, 0.3) is 0 Å². The summed E-state index contributed by atoms with van der Waals surface area (Å²) >= 11 is 0. The summed E-state index contributed by atoms with van der Waals surface area (Å²) in [5.41, 5.74) is 1.02. The second-order valence-corrected chi connectivity index (χ2v) is 8.46. The van der Waals surface area contributed by atoms with Crippen LogP contribution in [0.4, 0.5) is 30.7 Å². The van der Waals surface area contributed by atoms with E-state index in [1.165, 1.54) is 5.56 Å². The van der Waals surface area contributed by atoms with Crippen LogP contribution in [0.3, 0.4) is 0 Å². The lowest BCUT2D eigenvalue weighted by Crippen LogP contribution is -2.29. The molecule has 0 saturated heterocycles. The van der Waals surface area contributed by atoms with Gasteiger partial charge in [-0.05, 0) is 76.6 Å². The molecule has 0 aliphatic heterocycles. The Bertz CT molecular complexity index is 1410. The van der Waals surface area contributed by atoms with Crippen molar-refractivity contribution in [2.45, 2.75) is 32.2 Å². The Hall–Kier alpha value is -3.65. The maximum absolute atomic E-state index is 14.3. The number of hydrogen-bond donors (Lipinski definition) is 0. The molecular formula is C29H21F7O. The number of halogens is 7. The third-order valence-electron chi connectivity index (χ3n) is 5.87. The fourth-order valence-electron chi connectivity index (χ4n) is 4.12. The zero-order valence-electron chi connectivity index (χ0n) is 19.6. The Kier molecular flexibility index (Phi) is 7.41. The predicted octanol–water partition coefficient (Wildman–Crippen LogP) is 9.55. The van der Waals surface area contributed by atoms with Crippen molar-refractivity contribution in [2.75, 3.05) is 0 Å². The van der Waals surface area contributed by atoms with Gasteiger partial charge < -0.3 is 0 Å². The maximum Gasteiger partial charge on any atom is 0.527 e. The van der Waals surface area contributed by atoms with E-state index in [-0.39, 0.29) is 5.56 Å². The van der Waals surface area contributed by atoms with Crippen LogP contribution in [-0.2, 0) is 17.3 Å². The molecule has 4 rings (SSSR count). The van der Waals surface area contributed by atoms with Crippen molar-refractivity contribution >= 4 is 10.8 Å². The van der Waals surface area contributed by atoms with Crippen molar-refractivity contribution in [3.8, 4) is 22.3 Å². The van der Waals surface area contributed by atoms with Gasteiger partial charge in [0.15, 0.2) is 0 Å². The first-order chi connectivity index (χ1) is 17.5. The maximum atomic E-state index is 14.3. The SMILES string of the molecule is CC=CCCc1ccc2cc(-c3ccc(-c4cc(F)c(C(F)(F)OC(F)(F)F)c(F)c4)cc3)ccc2c1. The molecule has 192 valence electrons. The topological polar surface area (TPSA) is 9.23 Å². The van der Waals surface area contributed by atoms with Crippen LogP contribution in [0.25, 0.3) is 33.0 Å². The highest BCUT2D eigenvalue weighted by atomic mass is 19.4. The molecule has 0 aliphatic carbocycles. The highest BCUT2D eigenvalue weighted by molar-refractivity contribution is 5.88. The lowest BCUT2D eigenvalue weighted by molar-refractivity contribution is -0.432. The van der Waals surface area contributed by atoms with E-state index in [2.05, 4.69) is 22.9 Å². The number of benzene rings is 4. The molecule has 0 unspecified atom stereocenters. The number of rotatable bonds is 7. The molecule has 4 aromatic rings. The van der Waals surface area contributed by atoms with Crippen molar-refractivity contribution in [1.82, 2.24) is 0 Å². The van der Waals surface area contributed by atoms with Gasteiger partial charge in [-0.1, -0.05) is 66.7 Å². The minimum absolute atomic E-state index is 0.114. The Morgan fingerprint density at radius 3 is 1.81 bits per heavy atom. The van der Waals surface area contributed by atoms with E-state index in [1.54, 1.807) is 24.3 Å². The normalized spacial score (nSPS) is 12.5. The number of allylic oxidation sites excluding steroid dienone is 2. The number of fused-ring (bicyclic) bond motifs is 1. The fraction of sp³-hybridized carbons (Fsp3) is 0.172. The number of hydrogen-bond acceptors (Lipinski definition) is 1. The lowest BCUT2D eigenvalue weighted by Gasteiger charge is -2.20. The molecular weight excluding hydrogens is 497 g/mol. The Morgan fingerprint density at radius 2 is 1.22 bits per heavy atom. The lowest BCUT2D eigenvalue weighted by atomic mass is 9.96. The fourth-order valence-corrected chi connectivity index (χ4v) is 4.12. The molecule has 1 nitrogen and oxygen atoms in total.